The van der Waals surface area contributed by atoms with E-state index in [1.807, 2.05) is 32.9 Å². The van der Waals surface area contributed by atoms with Crippen molar-refractivity contribution >= 4 is 11.6 Å². The number of hydrogen-bond acceptors (Lipinski definition) is 6. The highest BCUT2D eigenvalue weighted by atomic mass is 16.6. The van der Waals surface area contributed by atoms with Crippen molar-refractivity contribution in [1.29, 1.82) is 0 Å². The molecule has 8 heteroatoms. The average Bonchev–Trinajstić information content (AvgIpc) is 3.19. The van der Waals surface area contributed by atoms with Crippen LogP contribution in [0, 0.1) is 23.0 Å². The van der Waals surface area contributed by atoms with Crippen molar-refractivity contribution in [1.82, 2.24) is 10.1 Å². The lowest BCUT2D eigenvalue weighted by Crippen LogP contribution is -2.19. The first kappa shape index (κ1) is 16.1. The summed E-state index contributed by atoms with van der Waals surface area (Å²) in [5, 5.41) is 17.5. The molecule has 1 aliphatic carbocycles. The monoisotopic (exact) mass is 330 g/mol. The highest BCUT2D eigenvalue weighted by molar-refractivity contribution is 5.98. The molecule has 1 aliphatic rings. The van der Waals surface area contributed by atoms with Gasteiger partial charge in [0.2, 0.25) is 11.9 Å². The maximum atomic E-state index is 12.3. The number of nitrogens with one attached hydrogen (secondary N) is 1. The van der Waals surface area contributed by atoms with Crippen LogP contribution in [0.1, 0.15) is 37.6 Å². The molecule has 0 unspecified atom stereocenters. The number of hydrogen-bond donors (Lipinski definition) is 1. The molecule has 126 valence electrons. The maximum Gasteiger partial charge on any atom is 0.260 e. The van der Waals surface area contributed by atoms with E-state index in [0.717, 1.165) is 5.56 Å². The van der Waals surface area contributed by atoms with Gasteiger partial charge in [0.05, 0.1) is 11.3 Å². The van der Waals surface area contributed by atoms with Gasteiger partial charge in [-0.2, -0.15) is 4.98 Å². The van der Waals surface area contributed by atoms with Gasteiger partial charge in [-0.25, -0.2) is 0 Å². The van der Waals surface area contributed by atoms with Crippen molar-refractivity contribution in [3.05, 3.63) is 39.7 Å². The molecular weight excluding hydrogens is 312 g/mol. The summed E-state index contributed by atoms with van der Waals surface area (Å²) in [7, 11) is 0. The van der Waals surface area contributed by atoms with Gasteiger partial charge in [-0.05, 0) is 18.6 Å². The van der Waals surface area contributed by atoms with Crippen molar-refractivity contribution in [2.24, 2.45) is 5.92 Å². The Morgan fingerprint density at radius 3 is 2.79 bits per heavy atom. The molecule has 1 aromatic carbocycles. The summed E-state index contributed by atoms with van der Waals surface area (Å²) in [5.41, 5.74) is 1.99. The van der Waals surface area contributed by atoms with E-state index in [1.54, 1.807) is 6.07 Å². The average molecular weight is 330 g/mol. The van der Waals surface area contributed by atoms with E-state index in [2.05, 4.69) is 15.5 Å². The Hall–Kier alpha value is -2.77. The molecule has 2 atom stereocenters. The Morgan fingerprint density at radius 2 is 2.21 bits per heavy atom. The molecular formula is C16H18N4O4. The molecule has 1 amide bonds. The molecule has 0 saturated heterocycles. The number of nitrogens with zero attached hydrogens (tertiary/aromatic N) is 3. The predicted molar refractivity (Wildman–Crippen MR) is 86.1 cm³/mol. The SMILES string of the molecule is Cc1cccc(-c2nc(C(C)C)no2)c1NC(=O)[C@H]1C[C@@H]1[N+](=O)[O-]. The highest BCUT2D eigenvalue weighted by Crippen LogP contribution is 2.36. The third-order valence-corrected chi connectivity index (χ3v) is 4.07. The summed E-state index contributed by atoms with van der Waals surface area (Å²) in [6.45, 7) is 5.76. The Kier molecular flexibility index (Phi) is 4.04. The van der Waals surface area contributed by atoms with Gasteiger partial charge in [0, 0.05) is 17.3 Å². The lowest BCUT2D eigenvalue weighted by Gasteiger charge is -2.11. The fourth-order valence-corrected chi connectivity index (χ4v) is 2.50. The second-order valence-corrected chi connectivity index (χ2v) is 6.29. The summed E-state index contributed by atoms with van der Waals surface area (Å²) in [5.74, 6) is 0.0913. The number of aromatic nitrogens is 2. The van der Waals surface area contributed by atoms with Crippen LogP contribution in [-0.2, 0) is 4.79 Å². The first-order valence-corrected chi connectivity index (χ1v) is 7.76. The second kappa shape index (κ2) is 6.03. The third kappa shape index (κ3) is 2.99. The van der Waals surface area contributed by atoms with Crippen LogP contribution in [-0.4, -0.2) is 27.0 Å². The van der Waals surface area contributed by atoms with E-state index in [9.17, 15) is 14.9 Å². The van der Waals surface area contributed by atoms with E-state index in [0.29, 0.717) is 23.0 Å². The molecule has 1 fully saturated rings. The summed E-state index contributed by atoms with van der Waals surface area (Å²) in [4.78, 5) is 26.9. The minimum atomic E-state index is -0.784. The zero-order chi connectivity index (χ0) is 17.4. The van der Waals surface area contributed by atoms with Crippen LogP contribution in [0.25, 0.3) is 11.5 Å². The van der Waals surface area contributed by atoms with Crippen molar-refractivity contribution in [3.8, 4) is 11.5 Å². The first-order chi connectivity index (χ1) is 11.4. The van der Waals surface area contributed by atoms with E-state index < -0.39 is 16.9 Å². The number of rotatable bonds is 5. The molecule has 24 heavy (non-hydrogen) atoms. The van der Waals surface area contributed by atoms with Gasteiger partial charge in [-0.1, -0.05) is 31.1 Å². The maximum absolute atomic E-state index is 12.3. The standard InChI is InChI=1S/C16H18N4O4/c1-8(2)14-18-16(24-19-14)10-6-4-5-9(3)13(10)17-15(21)11-7-12(11)20(22)23/h4-6,8,11-12H,7H2,1-3H3,(H,17,21)/t11-,12-/m0/s1. The molecule has 1 heterocycles. The molecule has 8 nitrogen and oxygen atoms in total. The first-order valence-electron chi connectivity index (χ1n) is 7.76. The Labute approximate surface area is 138 Å². The van der Waals surface area contributed by atoms with E-state index in [4.69, 9.17) is 4.52 Å². The summed E-state index contributed by atoms with van der Waals surface area (Å²) >= 11 is 0. The molecule has 0 spiro atoms. The topological polar surface area (TPSA) is 111 Å². The summed E-state index contributed by atoms with van der Waals surface area (Å²) in [6, 6.07) is 4.67. The number of amides is 1. The van der Waals surface area contributed by atoms with Gasteiger partial charge >= 0.3 is 0 Å². The number of carbonyl (C=O) groups excluding carboxylic acids is 1. The van der Waals surface area contributed by atoms with Crippen molar-refractivity contribution < 1.29 is 14.2 Å². The molecule has 0 aliphatic heterocycles. The van der Waals surface area contributed by atoms with Crippen LogP contribution < -0.4 is 5.32 Å². The third-order valence-electron chi connectivity index (χ3n) is 4.07. The van der Waals surface area contributed by atoms with Crippen LogP contribution in [0.4, 0.5) is 5.69 Å². The fourth-order valence-electron chi connectivity index (χ4n) is 2.50. The van der Waals surface area contributed by atoms with Gasteiger partial charge < -0.3 is 9.84 Å². The number of para-hydroxylation sites is 1. The molecule has 1 saturated carbocycles. The van der Waals surface area contributed by atoms with Crippen LogP contribution in [0.2, 0.25) is 0 Å². The number of aryl methyl sites for hydroxylation is 1. The number of carbonyl (C=O) groups is 1. The van der Waals surface area contributed by atoms with Crippen molar-refractivity contribution in [2.45, 2.75) is 39.2 Å². The van der Waals surface area contributed by atoms with Crippen LogP contribution in [0.5, 0.6) is 0 Å². The molecule has 1 N–H and O–H groups in total. The molecule has 1 aromatic heterocycles. The second-order valence-electron chi connectivity index (χ2n) is 6.29. The van der Waals surface area contributed by atoms with Crippen LogP contribution in [0.3, 0.4) is 0 Å². The van der Waals surface area contributed by atoms with Gasteiger partial charge in [-0.3, -0.25) is 14.9 Å². The van der Waals surface area contributed by atoms with Gasteiger partial charge in [0.1, 0.15) is 5.92 Å². The lowest BCUT2D eigenvalue weighted by atomic mass is 10.1. The summed E-state index contributed by atoms with van der Waals surface area (Å²) in [6.07, 6.45) is 0.276. The number of benzene rings is 1. The Morgan fingerprint density at radius 1 is 1.46 bits per heavy atom. The fraction of sp³-hybridized carbons (Fsp3) is 0.438. The lowest BCUT2D eigenvalue weighted by molar-refractivity contribution is -0.497. The van der Waals surface area contributed by atoms with Gasteiger partial charge in [-0.15, -0.1) is 0 Å². The minimum absolute atomic E-state index is 0.123. The molecule has 0 bridgehead atoms. The van der Waals surface area contributed by atoms with Gasteiger partial charge in [0.25, 0.3) is 5.89 Å². The Bertz CT molecular complexity index is 799. The quantitative estimate of drug-likeness (QED) is 0.666. The molecule has 0 radical (unpaired) electrons. The largest absolute Gasteiger partial charge is 0.334 e. The zero-order valence-electron chi connectivity index (χ0n) is 13.6. The molecule has 3 rings (SSSR count). The number of nitro groups is 1. The predicted octanol–water partition coefficient (Wildman–Crippen LogP) is 2.77. The van der Waals surface area contributed by atoms with Crippen LogP contribution in [0.15, 0.2) is 22.7 Å². The summed E-state index contributed by atoms with van der Waals surface area (Å²) < 4.78 is 5.30. The molecule has 2 aromatic rings. The smallest absolute Gasteiger partial charge is 0.260 e. The van der Waals surface area contributed by atoms with E-state index in [1.165, 1.54) is 0 Å². The normalized spacial score (nSPS) is 19.3. The minimum Gasteiger partial charge on any atom is -0.334 e. The Balaban J connectivity index is 1.88. The highest BCUT2D eigenvalue weighted by Gasteiger charge is 2.53. The van der Waals surface area contributed by atoms with Crippen molar-refractivity contribution in [3.63, 3.8) is 0 Å². The van der Waals surface area contributed by atoms with Crippen LogP contribution >= 0.6 is 0 Å². The zero-order valence-corrected chi connectivity index (χ0v) is 13.6. The van der Waals surface area contributed by atoms with Crippen molar-refractivity contribution in [2.75, 3.05) is 5.32 Å². The van der Waals surface area contributed by atoms with E-state index >= 15 is 0 Å². The van der Waals surface area contributed by atoms with E-state index in [-0.39, 0.29) is 18.2 Å². The van der Waals surface area contributed by atoms with Gasteiger partial charge in [0.15, 0.2) is 5.82 Å². The number of anilines is 1.